The lowest BCUT2D eigenvalue weighted by Crippen LogP contribution is -2.02. The molecule has 6 heteroatoms. The van der Waals surface area contributed by atoms with Gasteiger partial charge in [0.2, 0.25) is 0 Å². The van der Waals surface area contributed by atoms with Crippen molar-refractivity contribution in [1.82, 2.24) is 4.98 Å². The van der Waals surface area contributed by atoms with Crippen LogP contribution < -0.4 is 0 Å². The van der Waals surface area contributed by atoms with Gasteiger partial charge in [0.25, 0.3) is 11.7 Å². The molecule has 70 valence electrons. The molecule has 0 aromatic carbocycles. The van der Waals surface area contributed by atoms with Crippen molar-refractivity contribution >= 4 is 39.4 Å². The highest BCUT2D eigenvalue weighted by Gasteiger charge is 2.20. The van der Waals surface area contributed by atoms with Crippen molar-refractivity contribution in [2.45, 2.75) is 6.43 Å². The number of halogens is 4. The van der Waals surface area contributed by atoms with Crippen LogP contribution in [-0.2, 0) is 0 Å². The molecule has 0 aliphatic carbocycles. The standard InChI is InChI=1S/C7H3ClF2INO/c8-6(13)3-1-12-2-4(11)5(3)7(9)10/h1-2,7H. The predicted molar refractivity (Wildman–Crippen MR) is 52.1 cm³/mol. The summed E-state index contributed by atoms with van der Waals surface area (Å²) in [5.41, 5.74) is -0.584. The highest BCUT2D eigenvalue weighted by atomic mass is 127. The van der Waals surface area contributed by atoms with Crippen LogP contribution in [0.4, 0.5) is 8.78 Å². The fourth-order valence-electron chi connectivity index (χ4n) is 0.823. The molecule has 0 saturated heterocycles. The molecule has 0 amide bonds. The molecule has 0 aliphatic rings. The van der Waals surface area contributed by atoms with Gasteiger partial charge in [0.05, 0.1) is 5.56 Å². The van der Waals surface area contributed by atoms with Gasteiger partial charge >= 0.3 is 0 Å². The minimum atomic E-state index is -2.72. The summed E-state index contributed by atoms with van der Waals surface area (Å²) in [6, 6.07) is 0. The van der Waals surface area contributed by atoms with Gasteiger partial charge < -0.3 is 0 Å². The average Bonchev–Trinajstić information content (AvgIpc) is 2.02. The quantitative estimate of drug-likeness (QED) is 0.620. The summed E-state index contributed by atoms with van der Waals surface area (Å²) >= 11 is 6.79. The maximum absolute atomic E-state index is 12.4. The van der Waals surface area contributed by atoms with Crippen LogP contribution in [0.3, 0.4) is 0 Å². The fraction of sp³-hybridized carbons (Fsp3) is 0.143. The first-order valence-electron chi connectivity index (χ1n) is 3.15. The van der Waals surface area contributed by atoms with E-state index in [-0.39, 0.29) is 14.7 Å². The van der Waals surface area contributed by atoms with Gasteiger partial charge in [0.15, 0.2) is 0 Å². The van der Waals surface area contributed by atoms with Crippen LogP contribution in [0.25, 0.3) is 0 Å². The molecule has 0 aliphatic heterocycles. The van der Waals surface area contributed by atoms with Gasteiger partial charge in [-0.05, 0) is 34.2 Å². The van der Waals surface area contributed by atoms with Crippen LogP contribution in [0.2, 0.25) is 0 Å². The Hall–Kier alpha value is -0.300. The van der Waals surface area contributed by atoms with Crippen molar-refractivity contribution in [2.24, 2.45) is 0 Å². The summed E-state index contributed by atoms with van der Waals surface area (Å²) in [6.45, 7) is 0. The summed E-state index contributed by atoms with van der Waals surface area (Å²) in [7, 11) is 0. The molecule has 0 saturated carbocycles. The topological polar surface area (TPSA) is 30.0 Å². The first kappa shape index (κ1) is 10.8. The lowest BCUT2D eigenvalue weighted by Gasteiger charge is -2.05. The minimum Gasteiger partial charge on any atom is -0.276 e. The monoisotopic (exact) mass is 317 g/mol. The van der Waals surface area contributed by atoms with E-state index in [1.54, 1.807) is 22.6 Å². The summed E-state index contributed by atoms with van der Waals surface area (Å²) in [4.78, 5) is 14.3. The molecule has 0 atom stereocenters. The van der Waals surface area contributed by atoms with Crippen molar-refractivity contribution in [1.29, 1.82) is 0 Å². The number of nitrogens with zero attached hydrogens (tertiary/aromatic N) is 1. The van der Waals surface area contributed by atoms with E-state index in [1.165, 1.54) is 6.20 Å². The van der Waals surface area contributed by atoms with Crippen molar-refractivity contribution in [3.63, 3.8) is 0 Å². The largest absolute Gasteiger partial charge is 0.276 e. The highest BCUT2D eigenvalue weighted by molar-refractivity contribution is 14.1. The minimum absolute atomic E-state index is 0.233. The Morgan fingerprint density at radius 3 is 2.54 bits per heavy atom. The van der Waals surface area contributed by atoms with Crippen molar-refractivity contribution in [3.05, 3.63) is 27.1 Å². The summed E-state index contributed by atoms with van der Waals surface area (Å²) in [6.07, 6.45) is -0.419. The van der Waals surface area contributed by atoms with Crippen molar-refractivity contribution < 1.29 is 13.6 Å². The smallest absolute Gasteiger partial charge is 0.265 e. The van der Waals surface area contributed by atoms with Crippen LogP contribution in [0.15, 0.2) is 12.4 Å². The van der Waals surface area contributed by atoms with Crippen LogP contribution in [0.1, 0.15) is 22.3 Å². The number of hydrogen-bond donors (Lipinski definition) is 0. The number of hydrogen-bond acceptors (Lipinski definition) is 2. The van der Waals surface area contributed by atoms with E-state index in [0.29, 0.717) is 0 Å². The molecular weight excluding hydrogens is 314 g/mol. The first-order valence-corrected chi connectivity index (χ1v) is 4.61. The summed E-state index contributed by atoms with van der Waals surface area (Å²) in [5.74, 6) is 0. The average molecular weight is 317 g/mol. The molecule has 0 fully saturated rings. The van der Waals surface area contributed by atoms with Gasteiger partial charge in [-0.3, -0.25) is 9.78 Å². The number of carbonyl (C=O) groups is 1. The molecule has 0 bridgehead atoms. The van der Waals surface area contributed by atoms with Gasteiger partial charge in [0, 0.05) is 21.5 Å². The first-order chi connectivity index (χ1) is 6.04. The van der Waals surface area contributed by atoms with Gasteiger partial charge in [-0.25, -0.2) is 8.78 Å². The second-order valence-electron chi connectivity index (χ2n) is 2.16. The number of alkyl halides is 2. The van der Waals surface area contributed by atoms with Crippen molar-refractivity contribution in [3.8, 4) is 0 Å². The van der Waals surface area contributed by atoms with E-state index in [4.69, 9.17) is 11.6 Å². The predicted octanol–water partition coefficient (Wildman–Crippen LogP) is 3.00. The third-order valence-electron chi connectivity index (χ3n) is 1.37. The number of carbonyl (C=O) groups excluding carboxylic acids is 1. The molecule has 1 aromatic heterocycles. The van der Waals surface area contributed by atoms with E-state index in [1.807, 2.05) is 0 Å². The number of aromatic nitrogens is 1. The van der Waals surface area contributed by atoms with Gasteiger partial charge in [-0.2, -0.15) is 0 Å². The summed E-state index contributed by atoms with van der Waals surface area (Å²) < 4.78 is 25.0. The Labute approximate surface area is 91.4 Å². The highest BCUT2D eigenvalue weighted by Crippen LogP contribution is 2.27. The zero-order chi connectivity index (χ0) is 10.0. The molecule has 1 heterocycles. The molecule has 1 aromatic rings. The van der Waals surface area contributed by atoms with Crippen LogP contribution in [0.5, 0.6) is 0 Å². The van der Waals surface area contributed by atoms with Crippen LogP contribution in [0, 0.1) is 3.57 Å². The van der Waals surface area contributed by atoms with E-state index in [2.05, 4.69) is 4.98 Å². The van der Waals surface area contributed by atoms with Gasteiger partial charge in [-0.1, -0.05) is 0 Å². The van der Waals surface area contributed by atoms with E-state index >= 15 is 0 Å². The molecule has 0 N–H and O–H groups in total. The Balaban J connectivity index is 3.34. The Bertz CT molecular complexity index is 345. The van der Waals surface area contributed by atoms with Gasteiger partial charge in [0.1, 0.15) is 0 Å². The Morgan fingerprint density at radius 2 is 2.15 bits per heavy atom. The number of rotatable bonds is 2. The molecule has 0 spiro atoms. The maximum atomic E-state index is 12.4. The second-order valence-corrected chi connectivity index (χ2v) is 3.66. The normalized spacial score (nSPS) is 10.5. The van der Waals surface area contributed by atoms with E-state index in [9.17, 15) is 13.6 Å². The third kappa shape index (κ3) is 2.34. The molecule has 1 rings (SSSR count). The zero-order valence-electron chi connectivity index (χ0n) is 6.10. The molecular formula is C7H3ClF2INO. The molecule has 0 unspecified atom stereocenters. The zero-order valence-corrected chi connectivity index (χ0v) is 9.01. The Morgan fingerprint density at radius 1 is 1.54 bits per heavy atom. The molecule has 2 nitrogen and oxygen atoms in total. The fourth-order valence-corrected chi connectivity index (χ4v) is 1.66. The lowest BCUT2D eigenvalue weighted by molar-refractivity contribution is 0.106. The lowest BCUT2D eigenvalue weighted by atomic mass is 10.1. The second kappa shape index (κ2) is 4.28. The van der Waals surface area contributed by atoms with E-state index < -0.39 is 11.7 Å². The van der Waals surface area contributed by atoms with Crippen LogP contribution >= 0.6 is 34.2 Å². The van der Waals surface area contributed by atoms with Crippen LogP contribution in [-0.4, -0.2) is 10.2 Å². The summed E-state index contributed by atoms with van der Waals surface area (Å²) in [5, 5.41) is -0.915. The molecule has 0 radical (unpaired) electrons. The SMILES string of the molecule is O=C(Cl)c1cncc(I)c1C(F)F. The number of pyridine rings is 1. The maximum Gasteiger partial charge on any atom is 0.265 e. The molecule has 13 heavy (non-hydrogen) atoms. The van der Waals surface area contributed by atoms with E-state index in [0.717, 1.165) is 6.20 Å². The Kier molecular flexibility index (Phi) is 3.55. The van der Waals surface area contributed by atoms with Crippen molar-refractivity contribution in [2.75, 3.05) is 0 Å². The third-order valence-corrected chi connectivity index (χ3v) is 2.43. The van der Waals surface area contributed by atoms with Gasteiger partial charge in [-0.15, -0.1) is 0 Å².